The monoisotopic (exact) mass is 204 g/mol. The van der Waals surface area contributed by atoms with E-state index in [2.05, 4.69) is 27.8 Å². The molecule has 0 amide bonds. The Kier molecular flexibility index (Phi) is 7.11. The predicted molar refractivity (Wildman–Crippen MR) is 47.1 cm³/mol. The van der Waals surface area contributed by atoms with E-state index in [0.29, 0.717) is 0 Å². The minimum atomic E-state index is -0.469. The lowest BCUT2D eigenvalue weighted by Crippen LogP contribution is -1.92. The molecule has 0 aromatic heterocycles. The number of aliphatic hydroxyl groups excluding tert-OH is 1. The number of hydrogen-bond acceptors (Lipinski definition) is 1. The first-order chi connectivity index (χ1) is 4.77. The summed E-state index contributed by atoms with van der Waals surface area (Å²) in [5.41, 5.74) is 0. The highest BCUT2D eigenvalue weighted by Gasteiger charge is 1.83. The van der Waals surface area contributed by atoms with Gasteiger partial charge in [-0.15, -0.1) is 5.92 Å². The SMILES string of the molecule is C[C@@H](O)C#CCCCCBr. The van der Waals surface area contributed by atoms with E-state index in [9.17, 15) is 0 Å². The van der Waals surface area contributed by atoms with Crippen LogP contribution >= 0.6 is 15.9 Å². The van der Waals surface area contributed by atoms with Crippen molar-refractivity contribution in [1.82, 2.24) is 0 Å². The van der Waals surface area contributed by atoms with Crippen molar-refractivity contribution in [1.29, 1.82) is 0 Å². The van der Waals surface area contributed by atoms with E-state index in [1.807, 2.05) is 0 Å². The fourth-order valence-corrected chi connectivity index (χ4v) is 0.924. The maximum absolute atomic E-state index is 8.73. The molecule has 0 bridgehead atoms. The van der Waals surface area contributed by atoms with Crippen LogP contribution in [0.25, 0.3) is 0 Å². The third kappa shape index (κ3) is 8.00. The van der Waals surface area contributed by atoms with Gasteiger partial charge in [-0.1, -0.05) is 21.9 Å². The van der Waals surface area contributed by atoms with Crippen LogP contribution < -0.4 is 0 Å². The normalized spacial score (nSPS) is 11.9. The van der Waals surface area contributed by atoms with E-state index in [-0.39, 0.29) is 0 Å². The van der Waals surface area contributed by atoms with Crippen LogP contribution in [0.2, 0.25) is 0 Å². The molecule has 0 aliphatic rings. The standard InChI is InChI=1S/C8H13BrO/c1-8(10)6-4-2-3-5-7-9/h8,10H,2-3,5,7H2,1H3/t8-/m1/s1. The van der Waals surface area contributed by atoms with Crippen molar-refractivity contribution >= 4 is 15.9 Å². The fraction of sp³-hybridized carbons (Fsp3) is 0.750. The Morgan fingerprint density at radius 1 is 1.50 bits per heavy atom. The molecule has 0 aromatic rings. The van der Waals surface area contributed by atoms with Gasteiger partial charge in [0, 0.05) is 11.8 Å². The summed E-state index contributed by atoms with van der Waals surface area (Å²) >= 11 is 3.33. The maximum Gasteiger partial charge on any atom is 0.111 e. The summed E-state index contributed by atoms with van der Waals surface area (Å²) in [6, 6.07) is 0. The molecule has 0 saturated carbocycles. The van der Waals surface area contributed by atoms with Crippen LogP contribution in [-0.2, 0) is 0 Å². The van der Waals surface area contributed by atoms with Gasteiger partial charge in [0.25, 0.3) is 0 Å². The van der Waals surface area contributed by atoms with E-state index >= 15 is 0 Å². The largest absolute Gasteiger partial charge is 0.381 e. The first-order valence-electron chi connectivity index (χ1n) is 3.50. The second-order valence-corrected chi connectivity index (χ2v) is 2.94. The molecule has 0 aliphatic carbocycles. The molecular weight excluding hydrogens is 192 g/mol. The molecule has 0 unspecified atom stereocenters. The van der Waals surface area contributed by atoms with Gasteiger partial charge in [-0.3, -0.25) is 0 Å². The van der Waals surface area contributed by atoms with Gasteiger partial charge in [0.1, 0.15) is 6.10 Å². The number of halogens is 1. The van der Waals surface area contributed by atoms with Crippen LogP contribution in [0, 0.1) is 11.8 Å². The number of alkyl halides is 1. The average Bonchev–Trinajstić information content (AvgIpc) is 1.87. The summed E-state index contributed by atoms with van der Waals surface area (Å²) in [4.78, 5) is 0. The van der Waals surface area contributed by atoms with E-state index in [1.165, 1.54) is 0 Å². The van der Waals surface area contributed by atoms with Crippen molar-refractivity contribution in [3.05, 3.63) is 0 Å². The smallest absolute Gasteiger partial charge is 0.111 e. The van der Waals surface area contributed by atoms with Gasteiger partial charge in [-0.2, -0.15) is 0 Å². The quantitative estimate of drug-likeness (QED) is 0.424. The van der Waals surface area contributed by atoms with Gasteiger partial charge in [0.2, 0.25) is 0 Å². The minimum Gasteiger partial charge on any atom is -0.381 e. The Bertz CT molecular complexity index is 121. The molecule has 58 valence electrons. The van der Waals surface area contributed by atoms with Crippen LogP contribution in [0.5, 0.6) is 0 Å². The van der Waals surface area contributed by atoms with Crippen LogP contribution in [0.3, 0.4) is 0 Å². The van der Waals surface area contributed by atoms with E-state index in [4.69, 9.17) is 5.11 Å². The first kappa shape index (κ1) is 10.0. The fourth-order valence-electron chi connectivity index (χ4n) is 0.528. The lowest BCUT2D eigenvalue weighted by Gasteiger charge is -1.89. The zero-order valence-electron chi connectivity index (χ0n) is 6.23. The van der Waals surface area contributed by atoms with Gasteiger partial charge in [0.15, 0.2) is 0 Å². The Hall–Kier alpha value is 0. The molecule has 0 rings (SSSR count). The Balaban J connectivity index is 3.12. The van der Waals surface area contributed by atoms with Crippen molar-refractivity contribution < 1.29 is 5.11 Å². The Morgan fingerprint density at radius 3 is 2.70 bits per heavy atom. The van der Waals surface area contributed by atoms with E-state index in [0.717, 1.165) is 24.6 Å². The summed E-state index contributed by atoms with van der Waals surface area (Å²) < 4.78 is 0. The van der Waals surface area contributed by atoms with Crippen LogP contribution in [0.15, 0.2) is 0 Å². The van der Waals surface area contributed by atoms with Crippen LogP contribution in [0.4, 0.5) is 0 Å². The zero-order chi connectivity index (χ0) is 7.82. The summed E-state index contributed by atoms with van der Waals surface area (Å²) in [6.45, 7) is 1.68. The molecule has 1 atom stereocenters. The average molecular weight is 205 g/mol. The van der Waals surface area contributed by atoms with Crippen LogP contribution in [-0.4, -0.2) is 16.5 Å². The highest BCUT2D eigenvalue weighted by molar-refractivity contribution is 9.09. The molecule has 1 N–H and O–H groups in total. The third-order valence-electron chi connectivity index (χ3n) is 0.996. The number of hydrogen-bond donors (Lipinski definition) is 1. The number of aliphatic hydroxyl groups is 1. The van der Waals surface area contributed by atoms with Gasteiger partial charge in [-0.25, -0.2) is 0 Å². The molecule has 2 heteroatoms. The number of unbranched alkanes of at least 4 members (excludes halogenated alkanes) is 2. The van der Waals surface area contributed by atoms with Crippen molar-refractivity contribution in [2.45, 2.75) is 32.3 Å². The van der Waals surface area contributed by atoms with Gasteiger partial charge >= 0.3 is 0 Å². The Labute approximate surface area is 71.0 Å². The third-order valence-corrected chi connectivity index (χ3v) is 1.56. The summed E-state index contributed by atoms with van der Waals surface area (Å²) in [7, 11) is 0. The lowest BCUT2D eigenvalue weighted by molar-refractivity contribution is 0.253. The highest BCUT2D eigenvalue weighted by Crippen LogP contribution is 1.96. The Morgan fingerprint density at radius 2 is 2.20 bits per heavy atom. The molecule has 0 heterocycles. The second-order valence-electron chi connectivity index (χ2n) is 2.14. The topological polar surface area (TPSA) is 20.2 Å². The molecular formula is C8H13BrO. The molecule has 0 saturated heterocycles. The van der Waals surface area contributed by atoms with Crippen molar-refractivity contribution in [2.75, 3.05) is 5.33 Å². The molecule has 1 nitrogen and oxygen atoms in total. The van der Waals surface area contributed by atoms with Gasteiger partial charge in [0.05, 0.1) is 0 Å². The van der Waals surface area contributed by atoms with E-state index in [1.54, 1.807) is 6.92 Å². The summed E-state index contributed by atoms with van der Waals surface area (Å²) in [5.74, 6) is 5.59. The molecule has 10 heavy (non-hydrogen) atoms. The zero-order valence-corrected chi connectivity index (χ0v) is 7.82. The first-order valence-corrected chi connectivity index (χ1v) is 4.62. The molecule has 0 aliphatic heterocycles. The minimum absolute atomic E-state index is 0.469. The molecule has 0 aromatic carbocycles. The van der Waals surface area contributed by atoms with Crippen molar-refractivity contribution in [2.24, 2.45) is 0 Å². The van der Waals surface area contributed by atoms with E-state index < -0.39 is 6.10 Å². The molecule has 0 spiro atoms. The van der Waals surface area contributed by atoms with Gasteiger partial charge < -0.3 is 5.11 Å². The highest BCUT2D eigenvalue weighted by atomic mass is 79.9. The van der Waals surface area contributed by atoms with Crippen molar-refractivity contribution in [3.63, 3.8) is 0 Å². The summed E-state index contributed by atoms with van der Waals surface area (Å²) in [6.07, 6.45) is 2.71. The van der Waals surface area contributed by atoms with Crippen LogP contribution in [0.1, 0.15) is 26.2 Å². The predicted octanol–water partition coefficient (Wildman–Crippen LogP) is 1.94. The summed E-state index contributed by atoms with van der Waals surface area (Å²) in [5, 5.41) is 9.77. The van der Waals surface area contributed by atoms with Crippen molar-refractivity contribution in [3.8, 4) is 11.8 Å². The number of rotatable bonds is 3. The maximum atomic E-state index is 8.73. The second kappa shape index (κ2) is 7.11. The van der Waals surface area contributed by atoms with Gasteiger partial charge in [-0.05, 0) is 19.8 Å². The molecule has 0 radical (unpaired) electrons. The lowest BCUT2D eigenvalue weighted by atomic mass is 10.2. The molecule has 0 fully saturated rings.